The summed E-state index contributed by atoms with van der Waals surface area (Å²) in [5, 5.41) is 2.73. The van der Waals surface area contributed by atoms with Gasteiger partial charge in [0.05, 0.1) is 13.4 Å². The molecule has 6 nitrogen and oxygen atoms in total. The van der Waals surface area contributed by atoms with E-state index < -0.39 is 5.56 Å². The van der Waals surface area contributed by atoms with E-state index in [1.54, 1.807) is 31.4 Å². The number of halogens is 2. The second-order valence-electron chi connectivity index (χ2n) is 4.06. The molecule has 0 aliphatic heterocycles. The number of nitrogens with one attached hydrogen (secondary N) is 1. The van der Waals surface area contributed by atoms with Gasteiger partial charge < -0.3 is 10.1 Å². The summed E-state index contributed by atoms with van der Waals surface area (Å²) in [5.74, 6) is 0.341. The van der Waals surface area contributed by atoms with Crippen molar-refractivity contribution in [3.8, 4) is 5.75 Å². The predicted octanol–water partition coefficient (Wildman–Crippen LogP) is 2.31. The molecule has 1 N–H and O–H groups in total. The van der Waals surface area contributed by atoms with E-state index >= 15 is 0 Å². The molecule has 0 saturated heterocycles. The highest BCUT2D eigenvalue weighted by Gasteiger charge is 2.10. The summed E-state index contributed by atoms with van der Waals surface area (Å²) in [6.07, 6.45) is 1.23. The third-order valence-corrected chi connectivity index (χ3v) is 3.86. The minimum Gasteiger partial charge on any atom is -0.497 e. The van der Waals surface area contributed by atoms with E-state index in [4.69, 9.17) is 16.3 Å². The lowest BCUT2D eigenvalue weighted by molar-refractivity contribution is -0.116. The summed E-state index contributed by atoms with van der Waals surface area (Å²) in [7, 11) is 1.56. The summed E-state index contributed by atoms with van der Waals surface area (Å²) >= 11 is 8.73. The van der Waals surface area contributed by atoms with Gasteiger partial charge in [-0.1, -0.05) is 11.6 Å². The Labute approximate surface area is 133 Å². The van der Waals surface area contributed by atoms with Crippen LogP contribution in [0.5, 0.6) is 5.75 Å². The Morgan fingerprint density at radius 3 is 2.71 bits per heavy atom. The number of rotatable bonds is 4. The lowest BCUT2D eigenvalue weighted by Gasteiger charge is -2.08. The molecule has 1 heterocycles. The minimum absolute atomic E-state index is 0.0619. The van der Waals surface area contributed by atoms with Gasteiger partial charge in [-0.3, -0.25) is 14.2 Å². The van der Waals surface area contributed by atoms with Crippen LogP contribution >= 0.6 is 27.5 Å². The first kappa shape index (κ1) is 15.5. The van der Waals surface area contributed by atoms with Crippen LogP contribution in [0.3, 0.4) is 0 Å². The Balaban J connectivity index is 2.08. The highest BCUT2D eigenvalue weighted by atomic mass is 79.9. The molecule has 2 aromatic rings. The predicted molar refractivity (Wildman–Crippen MR) is 82.8 cm³/mol. The first-order valence-electron chi connectivity index (χ1n) is 5.85. The van der Waals surface area contributed by atoms with E-state index in [2.05, 4.69) is 26.2 Å². The van der Waals surface area contributed by atoms with E-state index in [-0.39, 0.29) is 22.1 Å². The molecule has 1 amide bonds. The van der Waals surface area contributed by atoms with Crippen LogP contribution in [0.2, 0.25) is 5.15 Å². The van der Waals surface area contributed by atoms with Gasteiger partial charge >= 0.3 is 0 Å². The van der Waals surface area contributed by atoms with Gasteiger partial charge in [-0.05, 0) is 40.2 Å². The second kappa shape index (κ2) is 6.73. The number of carbonyl (C=O) groups excluding carboxylic acids is 1. The first-order valence-corrected chi connectivity index (χ1v) is 7.02. The molecule has 0 unspecified atom stereocenters. The normalized spacial score (nSPS) is 10.2. The number of benzene rings is 1. The second-order valence-corrected chi connectivity index (χ2v) is 5.21. The molecule has 8 heteroatoms. The third kappa shape index (κ3) is 3.83. The smallest absolute Gasteiger partial charge is 0.269 e. The zero-order valence-corrected chi connectivity index (χ0v) is 13.3. The van der Waals surface area contributed by atoms with Crippen molar-refractivity contribution in [2.75, 3.05) is 12.4 Å². The lowest BCUT2D eigenvalue weighted by atomic mass is 10.3. The van der Waals surface area contributed by atoms with Crippen LogP contribution in [0.4, 0.5) is 5.69 Å². The van der Waals surface area contributed by atoms with Crippen molar-refractivity contribution in [2.24, 2.45) is 0 Å². The van der Waals surface area contributed by atoms with Crippen molar-refractivity contribution < 1.29 is 9.53 Å². The van der Waals surface area contributed by atoms with Crippen molar-refractivity contribution in [3.05, 3.63) is 50.6 Å². The van der Waals surface area contributed by atoms with Gasteiger partial charge in [0, 0.05) is 5.69 Å². The monoisotopic (exact) mass is 371 g/mol. The zero-order chi connectivity index (χ0) is 15.4. The molecule has 0 aliphatic rings. The van der Waals surface area contributed by atoms with E-state index in [9.17, 15) is 9.59 Å². The Bertz CT molecular complexity index is 716. The molecule has 1 aromatic heterocycles. The third-order valence-electron chi connectivity index (χ3n) is 2.63. The fourth-order valence-electron chi connectivity index (χ4n) is 1.59. The quantitative estimate of drug-likeness (QED) is 0.836. The number of hydrogen-bond donors (Lipinski definition) is 1. The van der Waals surface area contributed by atoms with Gasteiger partial charge in [0.25, 0.3) is 5.56 Å². The van der Waals surface area contributed by atoms with Crippen molar-refractivity contribution in [2.45, 2.75) is 6.54 Å². The van der Waals surface area contributed by atoms with Crippen LogP contribution in [0.1, 0.15) is 0 Å². The van der Waals surface area contributed by atoms with E-state index in [0.29, 0.717) is 11.4 Å². The topological polar surface area (TPSA) is 73.2 Å². The van der Waals surface area contributed by atoms with E-state index in [0.717, 1.165) is 4.57 Å². The summed E-state index contributed by atoms with van der Waals surface area (Å²) in [6, 6.07) is 6.86. The minimum atomic E-state index is -0.417. The molecule has 110 valence electrons. The summed E-state index contributed by atoms with van der Waals surface area (Å²) in [6.45, 7) is -0.159. The van der Waals surface area contributed by atoms with Crippen LogP contribution in [-0.4, -0.2) is 22.6 Å². The molecule has 2 rings (SSSR count). The van der Waals surface area contributed by atoms with Gasteiger partial charge in [0.15, 0.2) is 5.15 Å². The molecular weight excluding hydrogens is 362 g/mol. The van der Waals surface area contributed by atoms with Gasteiger partial charge in [0.1, 0.15) is 16.8 Å². The highest BCUT2D eigenvalue weighted by molar-refractivity contribution is 9.10. The van der Waals surface area contributed by atoms with Crippen molar-refractivity contribution in [3.63, 3.8) is 0 Å². The molecule has 1 aromatic carbocycles. The van der Waals surface area contributed by atoms with Crippen molar-refractivity contribution in [1.82, 2.24) is 9.55 Å². The number of methoxy groups -OCH3 is 1. The van der Waals surface area contributed by atoms with Crippen LogP contribution < -0.4 is 15.6 Å². The SMILES string of the molecule is COc1ccc(NC(=O)Cn2cnc(Cl)c(Br)c2=O)cc1. The Kier molecular flexibility index (Phi) is 4.98. The summed E-state index contributed by atoms with van der Waals surface area (Å²) in [4.78, 5) is 27.6. The molecule has 0 fully saturated rings. The lowest BCUT2D eigenvalue weighted by Crippen LogP contribution is -2.28. The number of hydrogen-bond acceptors (Lipinski definition) is 4. The summed E-state index contributed by atoms with van der Waals surface area (Å²) in [5.41, 5.74) is 0.190. The van der Waals surface area contributed by atoms with Crippen LogP contribution in [0.15, 0.2) is 39.9 Å². The molecule has 0 atom stereocenters. The molecule has 21 heavy (non-hydrogen) atoms. The maximum absolute atomic E-state index is 11.9. The maximum Gasteiger partial charge on any atom is 0.269 e. The standard InChI is InChI=1S/C13H11BrClN3O3/c1-21-9-4-2-8(3-5-9)17-10(19)6-18-7-16-12(15)11(14)13(18)20/h2-5,7H,6H2,1H3,(H,17,19). The number of amides is 1. The molecule has 0 saturated carbocycles. The van der Waals surface area contributed by atoms with Crippen molar-refractivity contribution >= 4 is 39.1 Å². The van der Waals surface area contributed by atoms with Gasteiger partial charge in [-0.2, -0.15) is 0 Å². The fraction of sp³-hybridized carbons (Fsp3) is 0.154. The zero-order valence-electron chi connectivity index (χ0n) is 11.0. The molecule has 0 spiro atoms. The largest absolute Gasteiger partial charge is 0.497 e. The van der Waals surface area contributed by atoms with Gasteiger partial charge in [-0.25, -0.2) is 4.98 Å². The van der Waals surface area contributed by atoms with Gasteiger partial charge in [-0.15, -0.1) is 0 Å². The number of carbonyl (C=O) groups is 1. The molecule has 0 bridgehead atoms. The molecule has 0 radical (unpaired) electrons. The van der Waals surface area contributed by atoms with E-state index in [1.807, 2.05) is 0 Å². The number of ether oxygens (including phenoxy) is 1. The average Bonchev–Trinajstić information content (AvgIpc) is 2.49. The molecular formula is C13H11BrClN3O3. The number of aromatic nitrogens is 2. The Morgan fingerprint density at radius 1 is 1.43 bits per heavy atom. The Hall–Kier alpha value is -1.86. The summed E-state index contributed by atoms with van der Waals surface area (Å²) < 4.78 is 6.32. The molecule has 0 aliphatic carbocycles. The van der Waals surface area contributed by atoms with Crippen molar-refractivity contribution in [1.29, 1.82) is 0 Å². The highest BCUT2D eigenvalue weighted by Crippen LogP contribution is 2.15. The number of anilines is 1. The van der Waals surface area contributed by atoms with E-state index in [1.165, 1.54) is 6.33 Å². The first-order chi connectivity index (χ1) is 10.0. The average molecular weight is 373 g/mol. The van der Waals surface area contributed by atoms with Crippen LogP contribution in [-0.2, 0) is 11.3 Å². The van der Waals surface area contributed by atoms with Gasteiger partial charge in [0.2, 0.25) is 5.91 Å². The fourth-order valence-corrected chi connectivity index (χ4v) is 2.04. The number of nitrogens with zero attached hydrogens (tertiary/aromatic N) is 2. The van der Waals surface area contributed by atoms with Crippen LogP contribution in [0, 0.1) is 0 Å². The maximum atomic E-state index is 11.9. The Morgan fingerprint density at radius 2 is 2.10 bits per heavy atom. The van der Waals surface area contributed by atoms with Crippen LogP contribution in [0.25, 0.3) is 0 Å².